The maximum absolute atomic E-state index is 12.6. The van der Waals surface area contributed by atoms with Crippen molar-refractivity contribution in [2.24, 2.45) is 5.73 Å². The SMILES string of the molecule is CCSc1cccc(N(CCO)CC(F)(F)F)c1CN. The zero-order valence-electron chi connectivity index (χ0n) is 11.3. The number of thioether (sulfide) groups is 1. The Balaban J connectivity index is 3.14. The van der Waals surface area contributed by atoms with Crippen molar-refractivity contribution in [3.05, 3.63) is 23.8 Å². The highest BCUT2D eigenvalue weighted by molar-refractivity contribution is 7.99. The average Bonchev–Trinajstić information content (AvgIpc) is 2.37. The molecule has 1 aromatic carbocycles. The standard InChI is InChI=1S/C13H19F3N2OS/c1-2-20-12-5-3-4-11(10(12)8-17)18(6-7-19)9-13(14,15)16/h3-5,19H,2,6-9,17H2,1H3. The first-order chi connectivity index (χ1) is 9.42. The maximum Gasteiger partial charge on any atom is 0.405 e. The molecular formula is C13H19F3N2OS. The van der Waals surface area contributed by atoms with E-state index in [1.54, 1.807) is 23.9 Å². The number of alkyl halides is 3. The van der Waals surface area contributed by atoms with Gasteiger partial charge in [-0.3, -0.25) is 0 Å². The molecule has 0 aliphatic carbocycles. The molecule has 0 aliphatic heterocycles. The van der Waals surface area contributed by atoms with Crippen LogP contribution in [0.15, 0.2) is 23.1 Å². The number of aliphatic hydroxyl groups is 1. The number of nitrogens with two attached hydrogens (primary N) is 1. The molecular weight excluding hydrogens is 289 g/mol. The van der Waals surface area contributed by atoms with Gasteiger partial charge in [0.15, 0.2) is 0 Å². The van der Waals surface area contributed by atoms with Crippen molar-refractivity contribution in [1.29, 1.82) is 0 Å². The summed E-state index contributed by atoms with van der Waals surface area (Å²) < 4.78 is 37.9. The van der Waals surface area contributed by atoms with Crippen LogP contribution in [0.1, 0.15) is 12.5 Å². The van der Waals surface area contributed by atoms with E-state index in [2.05, 4.69) is 0 Å². The van der Waals surface area contributed by atoms with Crippen LogP contribution in [0.3, 0.4) is 0 Å². The lowest BCUT2D eigenvalue weighted by Gasteiger charge is -2.28. The van der Waals surface area contributed by atoms with E-state index in [0.717, 1.165) is 15.5 Å². The number of hydrogen-bond donors (Lipinski definition) is 2. The fraction of sp³-hybridized carbons (Fsp3) is 0.538. The summed E-state index contributed by atoms with van der Waals surface area (Å²) >= 11 is 1.54. The van der Waals surface area contributed by atoms with Crippen molar-refractivity contribution in [2.45, 2.75) is 24.5 Å². The molecule has 20 heavy (non-hydrogen) atoms. The summed E-state index contributed by atoms with van der Waals surface area (Å²) in [6.45, 7) is 0.621. The molecule has 0 unspecified atom stereocenters. The Morgan fingerprint density at radius 1 is 1.35 bits per heavy atom. The van der Waals surface area contributed by atoms with E-state index in [-0.39, 0.29) is 19.7 Å². The summed E-state index contributed by atoms with van der Waals surface area (Å²) in [5.41, 5.74) is 6.83. The van der Waals surface area contributed by atoms with E-state index in [9.17, 15) is 13.2 Å². The smallest absolute Gasteiger partial charge is 0.395 e. The average molecular weight is 308 g/mol. The predicted molar refractivity (Wildman–Crippen MR) is 76.1 cm³/mol. The van der Waals surface area contributed by atoms with Crippen LogP contribution in [-0.2, 0) is 6.54 Å². The van der Waals surface area contributed by atoms with Gasteiger partial charge in [-0.2, -0.15) is 13.2 Å². The van der Waals surface area contributed by atoms with Crippen LogP contribution in [0.2, 0.25) is 0 Å². The third-order valence-corrected chi connectivity index (χ3v) is 3.68. The zero-order valence-corrected chi connectivity index (χ0v) is 12.1. The van der Waals surface area contributed by atoms with Gasteiger partial charge in [0.1, 0.15) is 6.54 Å². The second-order valence-electron chi connectivity index (χ2n) is 4.15. The normalized spacial score (nSPS) is 11.7. The topological polar surface area (TPSA) is 49.5 Å². The number of benzene rings is 1. The first-order valence-corrected chi connectivity index (χ1v) is 7.28. The molecule has 0 spiro atoms. The van der Waals surface area contributed by atoms with Gasteiger partial charge in [-0.05, 0) is 17.9 Å². The van der Waals surface area contributed by atoms with E-state index >= 15 is 0 Å². The van der Waals surface area contributed by atoms with Gasteiger partial charge in [-0.1, -0.05) is 13.0 Å². The Hall–Kier alpha value is -0.920. The molecule has 0 aromatic heterocycles. The quantitative estimate of drug-likeness (QED) is 0.760. The number of hydrogen-bond acceptors (Lipinski definition) is 4. The van der Waals surface area contributed by atoms with Crippen LogP contribution in [0.25, 0.3) is 0 Å². The summed E-state index contributed by atoms with van der Waals surface area (Å²) in [5.74, 6) is 0.815. The van der Waals surface area contributed by atoms with Crippen LogP contribution in [0, 0.1) is 0 Å². The Morgan fingerprint density at radius 3 is 2.55 bits per heavy atom. The van der Waals surface area contributed by atoms with Gasteiger partial charge in [0, 0.05) is 29.2 Å². The van der Waals surface area contributed by atoms with E-state index in [0.29, 0.717) is 11.3 Å². The molecule has 0 fully saturated rings. The van der Waals surface area contributed by atoms with Crippen LogP contribution in [0.4, 0.5) is 18.9 Å². The van der Waals surface area contributed by atoms with Gasteiger partial charge in [0.25, 0.3) is 0 Å². The van der Waals surface area contributed by atoms with Crippen LogP contribution < -0.4 is 10.6 Å². The van der Waals surface area contributed by atoms with Gasteiger partial charge in [0.2, 0.25) is 0 Å². The van der Waals surface area contributed by atoms with Crippen molar-refractivity contribution in [1.82, 2.24) is 0 Å². The summed E-state index contributed by atoms with van der Waals surface area (Å²) in [5, 5.41) is 8.99. The highest BCUT2D eigenvalue weighted by Crippen LogP contribution is 2.32. The highest BCUT2D eigenvalue weighted by atomic mass is 32.2. The zero-order chi connectivity index (χ0) is 15.2. The van der Waals surface area contributed by atoms with Gasteiger partial charge < -0.3 is 15.7 Å². The summed E-state index contributed by atoms with van der Waals surface area (Å²) in [6, 6.07) is 5.18. The van der Waals surface area contributed by atoms with E-state index in [1.807, 2.05) is 13.0 Å². The second kappa shape index (κ2) is 7.75. The minimum absolute atomic E-state index is 0.0766. The van der Waals surface area contributed by atoms with Gasteiger partial charge in [-0.25, -0.2) is 0 Å². The van der Waals surface area contributed by atoms with Crippen LogP contribution >= 0.6 is 11.8 Å². The lowest BCUT2D eigenvalue weighted by atomic mass is 10.1. The van der Waals surface area contributed by atoms with E-state index < -0.39 is 12.7 Å². The molecule has 0 amide bonds. The molecule has 3 N–H and O–H groups in total. The van der Waals surface area contributed by atoms with Gasteiger partial charge in [0.05, 0.1) is 6.61 Å². The minimum atomic E-state index is -4.32. The lowest BCUT2D eigenvalue weighted by Crippen LogP contribution is -2.37. The van der Waals surface area contributed by atoms with Crippen LogP contribution in [0.5, 0.6) is 0 Å². The number of aliphatic hydroxyl groups excluding tert-OH is 1. The first-order valence-electron chi connectivity index (χ1n) is 6.30. The monoisotopic (exact) mass is 308 g/mol. The Labute approximate surface area is 120 Å². The molecule has 0 radical (unpaired) electrons. The van der Waals surface area contributed by atoms with Gasteiger partial charge in [-0.15, -0.1) is 11.8 Å². The summed E-state index contributed by atoms with van der Waals surface area (Å²) in [4.78, 5) is 2.01. The maximum atomic E-state index is 12.6. The van der Waals surface area contributed by atoms with Crippen molar-refractivity contribution < 1.29 is 18.3 Å². The molecule has 1 aromatic rings. The molecule has 0 saturated carbocycles. The Bertz CT molecular complexity index is 427. The van der Waals surface area contributed by atoms with Crippen molar-refractivity contribution in [3.63, 3.8) is 0 Å². The molecule has 0 heterocycles. The molecule has 0 bridgehead atoms. The van der Waals surface area contributed by atoms with E-state index in [4.69, 9.17) is 10.8 Å². The fourth-order valence-corrected chi connectivity index (χ4v) is 2.82. The molecule has 1 rings (SSSR count). The lowest BCUT2D eigenvalue weighted by molar-refractivity contribution is -0.119. The molecule has 3 nitrogen and oxygen atoms in total. The third kappa shape index (κ3) is 4.88. The van der Waals surface area contributed by atoms with Crippen molar-refractivity contribution >= 4 is 17.4 Å². The highest BCUT2D eigenvalue weighted by Gasteiger charge is 2.31. The first kappa shape index (κ1) is 17.1. The largest absolute Gasteiger partial charge is 0.405 e. The van der Waals surface area contributed by atoms with Crippen molar-refractivity contribution in [2.75, 3.05) is 30.3 Å². The van der Waals surface area contributed by atoms with E-state index in [1.165, 1.54) is 0 Å². The molecule has 114 valence electrons. The molecule has 7 heteroatoms. The number of anilines is 1. The number of rotatable bonds is 7. The predicted octanol–water partition coefficient (Wildman–Crippen LogP) is 2.62. The summed E-state index contributed by atoms with van der Waals surface area (Å²) in [6.07, 6.45) is -4.32. The second-order valence-corrected chi connectivity index (χ2v) is 5.46. The molecule has 0 aliphatic rings. The summed E-state index contributed by atoms with van der Waals surface area (Å²) in [7, 11) is 0. The Morgan fingerprint density at radius 2 is 2.05 bits per heavy atom. The number of nitrogens with zero attached hydrogens (tertiary/aromatic N) is 1. The van der Waals surface area contributed by atoms with Crippen LogP contribution in [-0.4, -0.2) is 36.7 Å². The molecule has 0 atom stereocenters. The fourth-order valence-electron chi connectivity index (χ4n) is 1.97. The van der Waals surface area contributed by atoms with Crippen molar-refractivity contribution in [3.8, 4) is 0 Å². The third-order valence-electron chi connectivity index (χ3n) is 2.69. The number of halogens is 3. The molecule has 0 saturated heterocycles. The minimum Gasteiger partial charge on any atom is -0.395 e. The van der Waals surface area contributed by atoms with Gasteiger partial charge >= 0.3 is 6.18 Å². The Kier molecular flexibility index (Phi) is 6.64.